The molecular weight excluding hydrogens is 305 g/mol. The van der Waals surface area contributed by atoms with Crippen molar-refractivity contribution in [3.05, 3.63) is 35.6 Å². The van der Waals surface area contributed by atoms with Gasteiger partial charge in [0, 0.05) is 58.9 Å². The number of aliphatic imine (C=N–C) groups is 1. The van der Waals surface area contributed by atoms with E-state index in [0.717, 1.165) is 31.2 Å². The fourth-order valence-electron chi connectivity index (χ4n) is 3.50. The fourth-order valence-corrected chi connectivity index (χ4v) is 3.50. The second-order valence-electron chi connectivity index (χ2n) is 6.67. The van der Waals surface area contributed by atoms with Crippen LogP contribution in [0, 0.1) is 5.82 Å². The van der Waals surface area contributed by atoms with Gasteiger partial charge in [0.05, 0.1) is 6.54 Å². The first kappa shape index (κ1) is 17.2. The van der Waals surface area contributed by atoms with Crippen LogP contribution in [-0.4, -0.2) is 79.6 Å². The number of benzene rings is 1. The lowest BCUT2D eigenvalue weighted by molar-refractivity contribution is 0.0173. The molecule has 0 amide bonds. The molecule has 0 aliphatic carbocycles. The molecule has 5 nitrogen and oxygen atoms in total. The highest BCUT2D eigenvalue weighted by molar-refractivity contribution is 5.79. The Morgan fingerprint density at radius 1 is 1.25 bits per heavy atom. The lowest BCUT2D eigenvalue weighted by Crippen LogP contribution is -2.62. The first-order valence-corrected chi connectivity index (χ1v) is 8.86. The largest absolute Gasteiger partial charge is 0.357 e. The molecule has 0 radical (unpaired) electrons. The fraction of sp³-hybridized carbons (Fsp3) is 0.611. The minimum atomic E-state index is -0.196. The number of guanidine groups is 1. The van der Waals surface area contributed by atoms with E-state index < -0.39 is 0 Å². The first-order valence-electron chi connectivity index (χ1n) is 8.86. The molecule has 4 rings (SSSR count). The van der Waals surface area contributed by atoms with Crippen molar-refractivity contribution in [1.29, 1.82) is 0 Å². The topological polar surface area (TPSA) is 34.1 Å². The molecule has 1 aromatic carbocycles. The van der Waals surface area contributed by atoms with Crippen molar-refractivity contribution in [3.8, 4) is 0 Å². The highest BCUT2D eigenvalue weighted by atomic mass is 19.1. The summed E-state index contributed by atoms with van der Waals surface area (Å²) in [5.41, 5.74) is 1.08. The number of nitrogens with one attached hydrogen (secondary N) is 1. The molecule has 2 bridgehead atoms. The maximum absolute atomic E-state index is 13.0. The molecule has 1 unspecified atom stereocenters. The number of hydrogen-bond donors (Lipinski definition) is 1. The summed E-state index contributed by atoms with van der Waals surface area (Å²) < 4.78 is 13.0. The second kappa shape index (κ2) is 7.94. The lowest BCUT2D eigenvalue weighted by atomic mass is 10.1. The van der Waals surface area contributed by atoms with E-state index in [0.29, 0.717) is 12.6 Å². The van der Waals surface area contributed by atoms with E-state index in [4.69, 9.17) is 4.99 Å². The molecule has 0 saturated carbocycles. The smallest absolute Gasteiger partial charge is 0.194 e. The van der Waals surface area contributed by atoms with Gasteiger partial charge in [-0.2, -0.15) is 0 Å². The third-order valence-electron chi connectivity index (χ3n) is 4.87. The molecular formula is C18H28FN5. The molecule has 0 aromatic heterocycles. The Kier molecular flexibility index (Phi) is 5.68. The molecule has 3 saturated heterocycles. The first-order chi connectivity index (χ1) is 11.7. The SMILES string of the molecule is CCNC(=NCC1CN2CCN1CC2)N(C)Cc1ccc(F)cc1. The van der Waals surface area contributed by atoms with Crippen LogP contribution in [0.25, 0.3) is 0 Å². The van der Waals surface area contributed by atoms with Gasteiger partial charge in [-0.1, -0.05) is 12.1 Å². The molecule has 3 heterocycles. The molecule has 6 heteroatoms. The van der Waals surface area contributed by atoms with E-state index in [2.05, 4.69) is 26.9 Å². The molecule has 1 aromatic rings. The number of rotatable bonds is 5. The van der Waals surface area contributed by atoms with Crippen molar-refractivity contribution in [1.82, 2.24) is 20.0 Å². The van der Waals surface area contributed by atoms with E-state index in [1.807, 2.05) is 19.2 Å². The summed E-state index contributed by atoms with van der Waals surface area (Å²) in [7, 11) is 2.03. The van der Waals surface area contributed by atoms with Gasteiger partial charge in [0.25, 0.3) is 0 Å². The molecule has 132 valence electrons. The Hall–Kier alpha value is -1.66. The quantitative estimate of drug-likeness (QED) is 0.649. The van der Waals surface area contributed by atoms with Crippen LogP contribution in [0.2, 0.25) is 0 Å². The zero-order valence-electron chi connectivity index (χ0n) is 14.7. The number of piperazine rings is 3. The number of fused-ring (bicyclic) bond motifs is 3. The van der Waals surface area contributed by atoms with Gasteiger partial charge in [-0.15, -0.1) is 0 Å². The molecule has 1 N–H and O–H groups in total. The van der Waals surface area contributed by atoms with Gasteiger partial charge in [0.2, 0.25) is 0 Å². The van der Waals surface area contributed by atoms with Crippen LogP contribution >= 0.6 is 0 Å². The Labute approximate surface area is 144 Å². The van der Waals surface area contributed by atoms with Crippen LogP contribution in [0.5, 0.6) is 0 Å². The van der Waals surface area contributed by atoms with E-state index in [1.54, 1.807) is 0 Å². The van der Waals surface area contributed by atoms with Crippen LogP contribution in [0.1, 0.15) is 12.5 Å². The summed E-state index contributed by atoms with van der Waals surface area (Å²) in [6, 6.07) is 7.20. The van der Waals surface area contributed by atoms with Crippen LogP contribution in [-0.2, 0) is 6.54 Å². The van der Waals surface area contributed by atoms with Crippen LogP contribution < -0.4 is 5.32 Å². The third-order valence-corrected chi connectivity index (χ3v) is 4.87. The van der Waals surface area contributed by atoms with Crippen molar-refractivity contribution in [2.45, 2.75) is 19.5 Å². The Morgan fingerprint density at radius 2 is 1.96 bits per heavy atom. The van der Waals surface area contributed by atoms with E-state index in [-0.39, 0.29) is 5.82 Å². The normalized spacial score (nSPS) is 26.5. The van der Waals surface area contributed by atoms with Gasteiger partial charge in [-0.3, -0.25) is 14.8 Å². The van der Waals surface area contributed by atoms with Crippen LogP contribution in [0.3, 0.4) is 0 Å². The predicted molar refractivity (Wildman–Crippen MR) is 95.6 cm³/mol. The summed E-state index contributed by atoms with van der Waals surface area (Å²) in [4.78, 5) is 12.1. The summed E-state index contributed by atoms with van der Waals surface area (Å²) in [5, 5.41) is 3.37. The number of hydrogen-bond acceptors (Lipinski definition) is 3. The van der Waals surface area contributed by atoms with Crippen molar-refractivity contribution in [2.75, 3.05) is 52.9 Å². The van der Waals surface area contributed by atoms with E-state index in [1.165, 1.54) is 38.3 Å². The molecule has 24 heavy (non-hydrogen) atoms. The Balaban J connectivity index is 1.61. The molecule has 1 atom stereocenters. The van der Waals surface area contributed by atoms with Crippen molar-refractivity contribution < 1.29 is 4.39 Å². The van der Waals surface area contributed by atoms with Crippen molar-refractivity contribution >= 4 is 5.96 Å². The van der Waals surface area contributed by atoms with Gasteiger partial charge in [0.15, 0.2) is 5.96 Å². The Bertz CT molecular complexity index is 551. The number of halogens is 1. The molecule has 3 aliphatic heterocycles. The summed E-state index contributed by atoms with van der Waals surface area (Å²) >= 11 is 0. The van der Waals surface area contributed by atoms with Gasteiger partial charge >= 0.3 is 0 Å². The van der Waals surface area contributed by atoms with Crippen LogP contribution in [0.4, 0.5) is 4.39 Å². The van der Waals surface area contributed by atoms with Crippen molar-refractivity contribution in [2.24, 2.45) is 4.99 Å². The third kappa shape index (κ3) is 4.24. The average molecular weight is 333 g/mol. The van der Waals surface area contributed by atoms with Crippen molar-refractivity contribution in [3.63, 3.8) is 0 Å². The predicted octanol–water partition coefficient (Wildman–Crippen LogP) is 1.22. The van der Waals surface area contributed by atoms with Gasteiger partial charge in [0.1, 0.15) is 5.82 Å². The highest BCUT2D eigenvalue weighted by Gasteiger charge is 2.31. The van der Waals surface area contributed by atoms with Gasteiger partial charge < -0.3 is 10.2 Å². The van der Waals surface area contributed by atoms with E-state index >= 15 is 0 Å². The minimum Gasteiger partial charge on any atom is -0.357 e. The maximum atomic E-state index is 13.0. The summed E-state index contributed by atoms with van der Waals surface area (Å²) in [5.74, 6) is 0.720. The molecule has 0 spiro atoms. The highest BCUT2D eigenvalue weighted by Crippen LogP contribution is 2.16. The monoisotopic (exact) mass is 333 g/mol. The standard InChI is InChI=1S/C18H28FN5/c1-3-20-18(22(2)13-15-4-6-16(19)7-5-15)21-12-17-14-23-8-10-24(17)11-9-23/h4-7,17H,3,8-14H2,1-2H3,(H,20,21). The molecule has 3 aliphatic rings. The average Bonchev–Trinajstić information content (AvgIpc) is 2.61. The van der Waals surface area contributed by atoms with Gasteiger partial charge in [-0.05, 0) is 24.6 Å². The Morgan fingerprint density at radius 3 is 2.54 bits per heavy atom. The van der Waals surface area contributed by atoms with Crippen LogP contribution in [0.15, 0.2) is 29.3 Å². The lowest BCUT2D eigenvalue weighted by Gasteiger charge is -2.47. The summed E-state index contributed by atoms with van der Waals surface area (Å²) in [6.45, 7) is 10.3. The maximum Gasteiger partial charge on any atom is 0.194 e. The zero-order valence-corrected chi connectivity index (χ0v) is 14.7. The van der Waals surface area contributed by atoms with Gasteiger partial charge in [-0.25, -0.2) is 4.39 Å². The molecule has 3 fully saturated rings. The summed E-state index contributed by atoms with van der Waals surface area (Å²) in [6.07, 6.45) is 0. The number of nitrogens with zero attached hydrogens (tertiary/aromatic N) is 4. The zero-order chi connectivity index (χ0) is 16.9. The second-order valence-corrected chi connectivity index (χ2v) is 6.67. The van der Waals surface area contributed by atoms with E-state index in [9.17, 15) is 4.39 Å². The minimum absolute atomic E-state index is 0.196.